The van der Waals surface area contributed by atoms with Gasteiger partial charge < -0.3 is 5.73 Å². The smallest absolute Gasteiger partial charge is 0.117 e. The Hall–Kier alpha value is -1.29. The van der Waals surface area contributed by atoms with Gasteiger partial charge in [0.15, 0.2) is 0 Å². The predicted octanol–water partition coefficient (Wildman–Crippen LogP) is 1.52. The van der Waals surface area contributed by atoms with Gasteiger partial charge in [0.05, 0.1) is 18.1 Å². The van der Waals surface area contributed by atoms with Crippen molar-refractivity contribution in [3.8, 4) is 5.00 Å². The highest BCUT2D eigenvalue weighted by Gasteiger charge is 1.96. The molecule has 3 nitrogen and oxygen atoms in total. The molecule has 2 aromatic heterocycles. The summed E-state index contributed by atoms with van der Waals surface area (Å²) >= 11 is 1.63. The van der Waals surface area contributed by atoms with Gasteiger partial charge in [-0.15, -0.1) is 11.3 Å². The van der Waals surface area contributed by atoms with Crippen LogP contribution >= 0.6 is 11.3 Å². The first-order chi connectivity index (χ1) is 5.36. The van der Waals surface area contributed by atoms with Crippen LogP contribution in [0.25, 0.3) is 5.00 Å². The van der Waals surface area contributed by atoms with Gasteiger partial charge in [0.2, 0.25) is 0 Å². The minimum absolute atomic E-state index is 0.693. The number of anilines is 1. The van der Waals surface area contributed by atoms with Gasteiger partial charge in [-0.2, -0.15) is 5.10 Å². The van der Waals surface area contributed by atoms with E-state index in [0.717, 1.165) is 5.00 Å². The van der Waals surface area contributed by atoms with Crippen LogP contribution in [0.3, 0.4) is 0 Å². The molecule has 4 heteroatoms. The van der Waals surface area contributed by atoms with E-state index in [0.29, 0.717) is 5.69 Å². The molecular weight excluding hydrogens is 158 g/mol. The molecule has 2 N–H and O–H groups in total. The molecule has 0 radical (unpaired) electrons. The van der Waals surface area contributed by atoms with Crippen molar-refractivity contribution in [3.63, 3.8) is 0 Å². The number of aromatic nitrogens is 2. The summed E-state index contributed by atoms with van der Waals surface area (Å²) in [5.41, 5.74) is 6.20. The van der Waals surface area contributed by atoms with Crippen LogP contribution in [-0.4, -0.2) is 9.78 Å². The van der Waals surface area contributed by atoms with Crippen LogP contribution in [0.2, 0.25) is 0 Å². The Bertz CT molecular complexity index is 336. The third kappa shape index (κ3) is 1.12. The van der Waals surface area contributed by atoms with Crippen LogP contribution in [0.15, 0.2) is 29.9 Å². The van der Waals surface area contributed by atoms with Crippen molar-refractivity contribution in [2.24, 2.45) is 0 Å². The van der Waals surface area contributed by atoms with Gasteiger partial charge in [0.25, 0.3) is 0 Å². The summed E-state index contributed by atoms with van der Waals surface area (Å²) in [4.78, 5) is 0. The molecule has 0 unspecified atom stereocenters. The average molecular weight is 165 g/mol. The van der Waals surface area contributed by atoms with Crippen LogP contribution in [-0.2, 0) is 0 Å². The van der Waals surface area contributed by atoms with Gasteiger partial charge in [-0.25, -0.2) is 4.68 Å². The first kappa shape index (κ1) is 6.42. The summed E-state index contributed by atoms with van der Waals surface area (Å²) in [6, 6.07) is 3.98. The molecule has 0 spiro atoms. The molecule has 0 saturated heterocycles. The van der Waals surface area contributed by atoms with E-state index in [4.69, 9.17) is 5.73 Å². The number of nitrogen functional groups attached to an aromatic ring is 1. The van der Waals surface area contributed by atoms with Crippen molar-refractivity contribution in [3.05, 3.63) is 29.9 Å². The Morgan fingerprint density at radius 3 is 3.00 bits per heavy atom. The molecule has 0 saturated carbocycles. The summed E-state index contributed by atoms with van der Waals surface area (Å²) in [6.45, 7) is 0. The van der Waals surface area contributed by atoms with E-state index in [9.17, 15) is 0 Å². The molecule has 0 atom stereocenters. The van der Waals surface area contributed by atoms with Crippen molar-refractivity contribution in [2.45, 2.75) is 0 Å². The molecule has 0 aromatic carbocycles. The lowest BCUT2D eigenvalue weighted by Crippen LogP contribution is -1.88. The molecular formula is C7H7N3S. The van der Waals surface area contributed by atoms with Gasteiger partial charge in [-0.1, -0.05) is 0 Å². The molecule has 2 aromatic rings. The predicted molar refractivity (Wildman–Crippen MR) is 45.9 cm³/mol. The average Bonchev–Trinajstić information content (AvgIpc) is 2.55. The normalized spacial score (nSPS) is 10.2. The maximum absolute atomic E-state index is 5.51. The third-order valence-corrected chi connectivity index (χ3v) is 2.19. The number of hydrogen-bond acceptors (Lipinski definition) is 3. The summed E-state index contributed by atoms with van der Waals surface area (Å²) in [7, 11) is 0. The number of nitrogens with zero attached hydrogens (tertiary/aromatic N) is 2. The zero-order valence-corrected chi connectivity index (χ0v) is 6.58. The van der Waals surface area contributed by atoms with E-state index in [2.05, 4.69) is 5.10 Å². The second-order valence-electron chi connectivity index (χ2n) is 2.17. The molecule has 0 bridgehead atoms. The van der Waals surface area contributed by atoms with E-state index >= 15 is 0 Å². The van der Waals surface area contributed by atoms with Gasteiger partial charge >= 0.3 is 0 Å². The van der Waals surface area contributed by atoms with E-state index in [1.165, 1.54) is 0 Å². The van der Waals surface area contributed by atoms with E-state index in [1.807, 2.05) is 17.5 Å². The van der Waals surface area contributed by atoms with Crippen molar-refractivity contribution < 1.29 is 0 Å². The third-order valence-electron chi connectivity index (χ3n) is 1.33. The topological polar surface area (TPSA) is 43.8 Å². The van der Waals surface area contributed by atoms with Crippen LogP contribution in [0.4, 0.5) is 5.69 Å². The quantitative estimate of drug-likeness (QED) is 0.696. The number of hydrogen-bond donors (Lipinski definition) is 1. The molecule has 0 fully saturated rings. The summed E-state index contributed by atoms with van der Waals surface area (Å²) in [5.74, 6) is 0. The van der Waals surface area contributed by atoms with E-state index in [-0.39, 0.29) is 0 Å². The molecule has 0 aliphatic carbocycles. The Kier molecular flexibility index (Phi) is 1.40. The fourth-order valence-electron chi connectivity index (χ4n) is 0.858. The molecule has 2 rings (SSSR count). The first-order valence-corrected chi connectivity index (χ1v) is 4.08. The van der Waals surface area contributed by atoms with Crippen LogP contribution in [0.1, 0.15) is 0 Å². The highest BCUT2D eigenvalue weighted by Crippen LogP contribution is 2.14. The van der Waals surface area contributed by atoms with Gasteiger partial charge in [0.1, 0.15) is 5.00 Å². The Balaban J connectivity index is 2.45. The lowest BCUT2D eigenvalue weighted by Gasteiger charge is -1.91. The molecule has 2 heterocycles. The summed E-state index contributed by atoms with van der Waals surface area (Å²) in [5, 5.41) is 7.15. The SMILES string of the molecule is Nc1cnn(-c2cccs2)c1. The maximum atomic E-state index is 5.51. The summed E-state index contributed by atoms with van der Waals surface area (Å²) < 4.78 is 1.76. The minimum atomic E-state index is 0.693. The minimum Gasteiger partial charge on any atom is -0.396 e. The van der Waals surface area contributed by atoms with Crippen molar-refractivity contribution >= 4 is 17.0 Å². The molecule has 0 amide bonds. The lowest BCUT2D eigenvalue weighted by atomic mass is 10.6. The second kappa shape index (κ2) is 2.39. The van der Waals surface area contributed by atoms with Crippen LogP contribution < -0.4 is 5.73 Å². The largest absolute Gasteiger partial charge is 0.396 e. The van der Waals surface area contributed by atoms with E-state index in [1.54, 1.807) is 28.4 Å². The molecule has 11 heavy (non-hydrogen) atoms. The van der Waals surface area contributed by atoms with Gasteiger partial charge in [0, 0.05) is 0 Å². The highest BCUT2D eigenvalue weighted by atomic mass is 32.1. The van der Waals surface area contributed by atoms with Crippen molar-refractivity contribution in [2.75, 3.05) is 5.73 Å². The fourth-order valence-corrected chi connectivity index (χ4v) is 1.52. The maximum Gasteiger partial charge on any atom is 0.117 e. The lowest BCUT2D eigenvalue weighted by molar-refractivity contribution is 0.898. The van der Waals surface area contributed by atoms with Gasteiger partial charge in [-0.05, 0) is 17.5 Å². The zero-order valence-electron chi connectivity index (χ0n) is 5.77. The summed E-state index contributed by atoms with van der Waals surface area (Å²) in [6.07, 6.45) is 3.44. The highest BCUT2D eigenvalue weighted by molar-refractivity contribution is 7.12. The Morgan fingerprint density at radius 2 is 2.45 bits per heavy atom. The number of rotatable bonds is 1. The molecule has 0 aliphatic heterocycles. The number of thiophene rings is 1. The van der Waals surface area contributed by atoms with Crippen molar-refractivity contribution in [1.29, 1.82) is 0 Å². The zero-order chi connectivity index (χ0) is 7.68. The molecule has 56 valence electrons. The Labute approximate surface area is 68.1 Å². The van der Waals surface area contributed by atoms with E-state index < -0.39 is 0 Å². The first-order valence-electron chi connectivity index (χ1n) is 3.20. The standard InChI is InChI=1S/C7H7N3S/c8-6-4-9-10(5-6)7-2-1-3-11-7/h1-5H,8H2. The Morgan fingerprint density at radius 1 is 1.55 bits per heavy atom. The van der Waals surface area contributed by atoms with Gasteiger partial charge in [-0.3, -0.25) is 0 Å². The fraction of sp³-hybridized carbons (Fsp3) is 0. The van der Waals surface area contributed by atoms with Crippen LogP contribution in [0, 0.1) is 0 Å². The van der Waals surface area contributed by atoms with Crippen molar-refractivity contribution in [1.82, 2.24) is 9.78 Å². The monoisotopic (exact) mass is 165 g/mol. The van der Waals surface area contributed by atoms with Crippen LogP contribution in [0.5, 0.6) is 0 Å². The number of nitrogens with two attached hydrogens (primary N) is 1. The molecule has 0 aliphatic rings. The second-order valence-corrected chi connectivity index (χ2v) is 3.10.